The van der Waals surface area contributed by atoms with Crippen molar-refractivity contribution in [1.82, 2.24) is 0 Å². The zero-order chi connectivity index (χ0) is 19.5. The molecule has 1 amide bonds. The van der Waals surface area contributed by atoms with Crippen LogP contribution in [0.1, 0.15) is 26.7 Å². The lowest BCUT2D eigenvalue weighted by Crippen LogP contribution is -2.30. The van der Waals surface area contributed by atoms with E-state index in [0.29, 0.717) is 36.8 Å². The third-order valence-electron chi connectivity index (χ3n) is 3.65. The van der Waals surface area contributed by atoms with Gasteiger partial charge >= 0.3 is 5.97 Å². The van der Waals surface area contributed by atoms with E-state index >= 15 is 0 Å². The van der Waals surface area contributed by atoms with Gasteiger partial charge in [-0.2, -0.15) is 0 Å². The first-order valence-corrected chi connectivity index (χ1v) is 9.00. The molecule has 6 nitrogen and oxygen atoms in total. The van der Waals surface area contributed by atoms with Crippen molar-refractivity contribution in [2.45, 2.75) is 32.8 Å². The third-order valence-corrected chi connectivity index (χ3v) is 3.65. The summed E-state index contributed by atoms with van der Waals surface area (Å²) in [6.45, 7) is 4.35. The summed E-state index contributed by atoms with van der Waals surface area (Å²) in [7, 11) is 0. The first kappa shape index (κ1) is 20.3. The molecular weight excluding hydrogens is 346 g/mol. The molecule has 0 saturated carbocycles. The van der Waals surface area contributed by atoms with E-state index in [9.17, 15) is 9.59 Å². The maximum atomic E-state index is 12.0. The Morgan fingerprint density at radius 3 is 2.26 bits per heavy atom. The van der Waals surface area contributed by atoms with Crippen molar-refractivity contribution in [3.63, 3.8) is 0 Å². The van der Waals surface area contributed by atoms with Gasteiger partial charge in [-0.25, -0.2) is 0 Å². The second-order valence-corrected chi connectivity index (χ2v) is 5.82. The molecule has 0 fully saturated rings. The quantitative estimate of drug-likeness (QED) is 0.508. The number of amides is 1. The van der Waals surface area contributed by atoms with Gasteiger partial charge in [0.1, 0.15) is 0 Å². The zero-order valence-electron chi connectivity index (χ0n) is 15.6. The number of para-hydroxylation sites is 3. The lowest BCUT2D eigenvalue weighted by molar-refractivity contribution is -0.153. The maximum absolute atomic E-state index is 12.0. The van der Waals surface area contributed by atoms with Gasteiger partial charge in [0, 0.05) is 12.1 Å². The van der Waals surface area contributed by atoms with Crippen LogP contribution >= 0.6 is 0 Å². The molecule has 2 aromatic carbocycles. The van der Waals surface area contributed by atoms with Crippen molar-refractivity contribution in [2.75, 3.05) is 18.5 Å². The molecule has 0 saturated heterocycles. The number of hydrogen-bond acceptors (Lipinski definition) is 5. The molecule has 0 aliphatic carbocycles. The molecule has 2 rings (SSSR count). The molecule has 0 aromatic heterocycles. The van der Waals surface area contributed by atoms with Gasteiger partial charge < -0.3 is 19.5 Å². The topological polar surface area (TPSA) is 73.9 Å². The average Bonchev–Trinajstić information content (AvgIpc) is 2.67. The van der Waals surface area contributed by atoms with Crippen LogP contribution in [0.4, 0.5) is 5.69 Å². The van der Waals surface area contributed by atoms with E-state index in [4.69, 9.17) is 14.2 Å². The third kappa shape index (κ3) is 7.01. The number of nitrogens with one attached hydrogen (secondary N) is 1. The maximum Gasteiger partial charge on any atom is 0.306 e. The molecule has 1 N–H and O–H groups in total. The Morgan fingerprint density at radius 1 is 0.963 bits per heavy atom. The Labute approximate surface area is 159 Å². The molecule has 0 aliphatic rings. The number of carbonyl (C=O) groups excluding carboxylic acids is 2. The number of carbonyl (C=O) groups is 2. The molecule has 144 valence electrons. The van der Waals surface area contributed by atoms with E-state index in [1.807, 2.05) is 49.4 Å². The van der Waals surface area contributed by atoms with Crippen LogP contribution in [0, 0.1) is 0 Å². The summed E-state index contributed by atoms with van der Waals surface area (Å²) in [5, 5.41) is 2.70. The van der Waals surface area contributed by atoms with Crippen LogP contribution in [0.2, 0.25) is 0 Å². The molecule has 0 aliphatic heterocycles. The van der Waals surface area contributed by atoms with Gasteiger partial charge in [0.2, 0.25) is 0 Å². The van der Waals surface area contributed by atoms with Gasteiger partial charge in [-0.1, -0.05) is 30.3 Å². The smallest absolute Gasteiger partial charge is 0.306 e. The fourth-order valence-electron chi connectivity index (χ4n) is 2.32. The Bertz CT molecular complexity index is 732. The minimum atomic E-state index is -0.864. The Balaban J connectivity index is 1.69. The lowest BCUT2D eigenvalue weighted by Gasteiger charge is -2.14. The molecule has 0 bridgehead atoms. The normalized spacial score (nSPS) is 11.3. The van der Waals surface area contributed by atoms with Crippen molar-refractivity contribution in [3.05, 3.63) is 54.6 Å². The van der Waals surface area contributed by atoms with Crippen molar-refractivity contribution < 1.29 is 23.8 Å². The molecule has 27 heavy (non-hydrogen) atoms. The summed E-state index contributed by atoms with van der Waals surface area (Å²) in [6.07, 6.45) is -0.219. The fraction of sp³-hybridized carbons (Fsp3) is 0.333. The summed E-state index contributed by atoms with van der Waals surface area (Å²) in [4.78, 5) is 23.9. The largest absolute Gasteiger partial charge is 0.490 e. The second-order valence-electron chi connectivity index (χ2n) is 5.82. The average molecular weight is 371 g/mol. The highest BCUT2D eigenvalue weighted by Gasteiger charge is 2.17. The number of hydrogen-bond donors (Lipinski definition) is 1. The molecule has 0 unspecified atom stereocenters. The molecule has 6 heteroatoms. The van der Waals surface area contributed by atoms with E-state index in [2.05, 4.69) is 5.32 Å². The number of ether oxygens (including phenoxy) is 3. The number of anilines is 1. The predicted octanol–water partition coefficient (Wildman–Crippen LogP) is 3.81. The van der Waals surface area contributed by atoms with E-state index in [0.717, 1.165) is 0 Å². The van der Waals surface area contributed by atoms with Crippen LogP contribution in [0.15, 0.2) is 54.6 Å². The summed E-state index contributed by atoms with van der Waals surface area (Å²) in [5.41, 5.74) is 0.659. The Morgan fingerprint density at radius 2 is 1.59 bits per heavy atom. The summed E-state index contributed by atoms with van der Waals surface area (Å²) >= 11 is 0. The Kier molecular flexibility index (Phi) is 8.16. The number of benzene rings is 2. The van der Waals surface area contributed by atoms with Gasteiger partial charge in [0.15, 0.2) is 17.6 Å². The number of esters is 1. The van der Waals surface area contributed by atoms with Crippen molar-refractivity contribution in [1.29, 1.82) is 0 Å². The highest BCUT2D eigenvalue weighted by atomic mass is 16.5. The summed E-state index contributed by atoms with van der Waals surface area (Å²) in [5.74, 6) is 0.515. The van der Waals surface area contributed by atoms with Crippen molar-refractivity contribution >= 4 is 17.6 Å². The SMILES string of the molecule is CCOc1ccccc1OCCCC(=O)O[C@H](C)C(=O)Nc1ccccc1. The standard InChI is InChI=1S/C21H25NO5/c1-3-25-18-12-7-8-13-19(18)26-15-9-14-20(23)27-16(2)21(24)22-17-10-5-4-6-11-17/h4-8,10-13,16H,3,9,14-15H2,1-2H3,(H,22,24)/t16-/m1/s1. The minimum Gasteiger partial charge on any atom is -0.490 e. The molecular formula is C21H25NO5. The summed E-state index contributed by atoms with van der Waals surface area (Å²) < 4.78 is 16.3. The van der Waals surface area contributed by atoms with Gasteiger partial charge in [-0.15, -0.1) is 0 Å². The van der Waals surface area contributed by atoms with Crippen LogP contribution < -0.4 is 14.8 Å². The Hall–Kier alpha value is -3.02. The fourth-order valence-corrected chi connectivity index (χ4v) is 2.32. The van der Waals surface area contributed by atoms with Gasteiger partial charge in [0.05, 0.1) is 13.2 Å². The van der Waals surface area contributed by atoms with Crippen LogP contribution in [0.3, 0.4) is 0 Å². The summed E-state index contributed by atoms with van der Waals surface area (Å²) in [6, 6.07) is 16.4. The van der Waals surface area contributed by atoms with E-state index in [-0.39, 0.29) is 12.3 Å². The van der Waals surface area contributed by atoms with E-state index < -0.39 is 12.1 Å². The van der Waals surface area contributed by atoms with E-state index in [1.54, 1.807) is 19.1 Å². The van der Waals surface area contributed by atoms with Crippen molar-refractivity contribution in [2.24, 2.45) is 0 Å². The molecule has 0 radical (unpaired) electrons. The molecule has 0 spiro atoms. The monoisotopic (exact) mass is 371 g/mol. The van der Waals surface area contributed by atoms with Gasteiger partial charge in [-0.05, 0) is 44.5 Å². The molecule has 0 heterocycles. The van der Waals surface area contributed by atoms with Crippen LogP contribution in [0.5, 0.6) is 11.5 Å². The van der Waals surface area contributed by atoms with Crippen LogP contribution in [-0.4, -0.2) is 31.2 Å². The highest BCUT2D eigenvalue weighted by Crippen LogP contribution is 2.26. The first-order valence-electron chi connectivity index (χ1n) is 9.00. The van der Waals surface area contributed by atoms with Crippen molar-refractivity contribution in [3.8, 4) is 11.5 Å². The predicted molar refractivity (Wildman–Crippen MR) is 103 cm³/mol. The number of rotatable bonds is 10. The van der Waals surface area contributed by atoms with E-state index in [1.165, 1.54) is 0 Å². The van der Waals surface area contributed by atoms with Gasteiger partial charge in [0.25, 0.3) is 5.91 Å². The molecule has 2 aromatic rings. The first-order chi connectivity index (χ1) is 13.1. The highest BCUT2D eigenvalue weighted by molar-refractivity contribution is 5.95. The zero-order valence-corrected chi connectivity index (χ0v) is 15.6. The lowest BCUT2D eigenvalue weighted by atomic mass is 10.3. The van der Waals surface area contributed by atoms with Crippen LogP contribution in [-0.2, 0) is 14.3 Å². The van der Waals surface area contributed by atoms with Gasteiger partial charge in [-0.3, -0.25) is 9.59 Å². The minimum absolute atomic E-state index is 0.166. The second kappa shape index (κ2) is 10.9. The van der Waals surface area contributed by atoms with Crippen LogP contribution in [0.25, 0.3) is 0 Å². The molecule has 1 atom stereocenters.